The first-order chi connectivity index (χ1) is 40.5. The van der Waals surface area contributed by atoms with Crippen LogP contribution in [0.5, 0.6) is 0 Å². The monoisotopic (exact) mass is 1070 g/mol. The summed E-state index contributed by atoms with van der Waals surface area (Å²) < 4.78 is 7.55. The van der Waals surface area contributed by atoms with E-state index in [9.17, 15) is 0 Å². The number of furan rings is 1. The van der Waals surface area contributed by atoms with Gasteiger partial charge in [-0.05, 0) is 171 Å². The van der Waals surface area contributed by atoms with Gasteiger partial charge >= 0.3 is 0 Å². The number of rotatable bonds is 14. The second-order valence-corrected chi connectivity index (χ2v) is 23.0. The molecule has 1 aliphatic rings. The van der Waals surface area contributed by atoms with Gasteiger partial charge in [-0.1, -0.05) is 234 Å². The van der Waals surface area contributed by atoms with Crippen molar-refractivity contribution in [3.8, 4) is 22.3 Å². The Balaban J connectivity index is 1.16. The van der Waals surface area contributed by atoms with Crippen LogP contribution in [-0.4, -0.2) is 0 Å². The molecule has 11 aromatic carbocycles. The summed E-state index contributed by atoms with van der Waals surface area (Å²) in [5, 5.41) is 4.36. The Morgan fingerprint density at radius 1 is 0.482 bits per heavy atom. The minimum atomic E-state index is -0.861. The van der Waals surface area contributed by atoms with E-state index in [1.807, 2.05) is 0 Å². The lowest BCUT2D eigenvalue weighted by Crippen LogP contribution is -2.29. The number of aryl methyl sites for hydroxylation is 1. The van der Waals surface area contributed by atoms with Crippen molar-refractivity contribution < 1.29 is 4.42 Å². The van der Waals surface area contributed by atoms with Crippen molar-refractivity contribution in [2.24, 2.45) is 0 Å². The standard InChI is InChI=1S/C80H68N2O/c1-52(2)58-40-45-64(46-41-58)81(56(7)39-37-54(5)57(8)60-25-13-9-14-26-60)73-50-71-76(68-34-22-21-33-67(68)73)78-72(80(71,62-29-17-11-18-30-62)63-31-19-12-20-32-63)51-74(77-69-35-23-24-36-75(69)83-79(77)78)82(65-47-42-59(43-48-65)53(3)4)66-44-38-55(6)70(49-66)61-27-15-10-16-28-61/h9-53H,7H2,1-6,8H3/b39-37-,57-54+. The number of hydrogen-bond donors (Lipinski definition) is 0. The Bertz CT molecular complexity index is 4410. The maximum atomic E-state index is 7.55. The van der Waals surface area contributed by atoms with Crippen molar-refractivity contribution in [1.82, 2.24) is 0 Å². The second-order valence-electron chi connectivity index (χ2n) is 23.0. The molecule has 0 aliphatic heterocycles. The zero-order valence-electron chi connectivity index (χ0n) is 48.5. The molecule has 1 heterocycles. The van der Waals surface area contributed by atoms with Crippen molar-refractivity contribution in [1.29, 1.82) is 0 Å². The topological polar surface area (TPSA) is 19.6 Å². The molecule has 0 amide bonds. The van der Waals surface area contributed by atoms with Crippen LogP contribution in [0.2, 0.25) is 0 Å². The van der Waals surface area contributed by atoms with Crippen LogP contribution in [0, 0.1) is 6.92 Å². The van der Waals surface area contributed by atoms with Gasteiger partial charge in [-0.15, -0.1) is 0 Å². The van der Waals surface area contributed by atoms with Gasteiger partial charge in [0.2, 0.25) is 0 Å². The fourth-order valence-corrected chi connectivity index (χ4v) is 12.9. The molecule has 1 aromatic heterocycles. The number of para-hydroxylation sites is 1. The van der Waals surface area contributed by atoms with E-state index in [-0.39, 0.29) is 0 Å². The SMILES string of the molecule is C=C(/C=C\C(C)=C(/C)c1ccccc1)N(c1ccc(C(C)C)cc1)c1cc2c(c3ccccc13)-c1c(cc(N(c3ccc(C(C)C)cc3)c3ccc(C)c(-c4ccccc4)c3)c3c1oc1ccccc13)C2(c1ccccc1)c1ccccc1. The number of fused-ring (bicyclic) bond motifs is 9. The van der Waals surface area contributed by atoms with Gasteiger partial charge in [-0.25, -0.2) is 0 Å². The zero-order chi connectivity index (χ0) is 56.9. The van der Waals surface area contributed by atoms with Crippen LogP contribution < -0.4 is 9.80 Å². The van der Waals surface area contributed by atoms with E-state index in [4.69, 9.17) is 11.0 Å². The first-order valence-electron chi connectivity index (χ1n) is 29.2. The normalized spacial score (nSPS) is 13.0. The van der Waals surface area contributed by atoms with Crippen LogP contribution in [0.3, 0.4) is 0 Å². The summed E-state index contributed by atoms with van der Waals surface area (Å²) in [7, 11) is 0. The van der Waals surface area contributed by atoms with Crippen molar-refractivity contribution >= 4 is 66.7 Å². The van der Waals surface area contributed by atoms with Gasteiger partial charge in [-0.2, -0.15) is 0 Å². The number of benzene rings is 11. The lowest BCUT2D eigenvalue weighted by molar-refractivity contribution is 0.669. The predicted molar refractivity (Wildman–Crippen MR) is 353 cm³/mol. The van der Waals surface area contributed by atoms with Crippen molar-refractivity contribution in [3.05, 3.63) is 323 Å². The van der Waals surface area contributed by atoms with Crippen LogP contribution in [0.15, 0.2) is 283 Å². The molecule has 83 heavy (non-hydrogen) atoms. The lowest BCUT2D eigenvalue weighted by atomic mass is 9.67. The summed E-state index contributed by atoms with van der Waals surface area (Å²) in [6.45, 7) is 20.6. The number of allylic oxidation sites excluding steroid dienone is 4. The summed E-state index contributed by atoms with van der Waals surface area (Å²) in [6.07, 6.45) is 4.42. The Kier molecular flexibility index (Phi) is 13.7. The van der Waals surface area contributed by atoms with E-state index in [0.29, 0.717) is 11.8 Å². The quantitative estimate of drug-likeness (QED) is 0.101. The summed E-state index contributed by atoms with van der Waals surface area (Å²) in [5.74, 6) is 0.744. The minimum absolute atomic E-state index is 0.370. The fraction of sp³-hybridized carbons (Fsp3) is 0.125. The van der Waals surface area contributed by atoms with Gasteiger partial charge in [0.05, 0.1) is 22.2 Å². The molecule has 3 nitrogen and oxygen atoms in total. The first kappa shape index (κ1) is 52.7. The predicted octanol–water partition coefficient (Wildman–Crippen LogP) is 22.5. The third-order valence-electron chi connectivity index (χ3n) is 17.4. The van der Waals surface area contributed by atoms with Gasteiger partial charge in [-0.3, -0.25) is 0 Å². The first-order valence-corrected chi connectivity index (χ1v) is 29.2. The minimum Gasteiger partial charge on any atom is -0.455 e. The molecule has 3 heteroatoms. The van der Waals surface area contributed by atoms with E-state index in [0.717, 1.165) is 94.7 Å². The highest BCUT2D eigenvalue weighted by Crippen LogP contribution is 2.63. The largest absolute Gasteiger partial charge is 0.455 e. The van der Waals surface area contributed by atoms with Gasteiger partial charge < -0.3 is 14.2 Å². The summed E-state index contributed by atoms with van der Waals surface area (Å²) in [5.41, 5.74) is 23.6. The average molecular weight is 1070 g/mol. The molecule has 0 N–H and O–H groups in total. The molecule has 0 saturated heterocycles. The van der Waals surface area contributed by atoms with Crippen molar-refractivity contribution in [2.75, 3.05) is 9.80 Å². The molecule has 0 atom stereocenters. The van der Waals surface area contributed by atoms with Gasteiger partial charge in [0.15, 0.2) is 0 Å². The van der Waals surface area contributed by atoms with Crippen LogP contribution in [0.4, 0.5) is 28.4 Å². The second kappa shape index (κ2) is 21.6. The van der Waals surface area contributed by atoms with Crippen LogP contribution in [-0.2, 0) is 5.41 Å². The van der Waals surface area contributed by atoms with Crippen molar-refractivity contribution in [3.63, 3.8) is 0 Å². The molecule has 0 saturated carbocycles. The van der Waals surface area contributed by atoms with E-state index in [2.05, 4.69) is 319 Å². The number of nitrogens with zero attached hydrogens (tertiary/aromatic N) is 2. The molecule has 12 aromatic rings. The fourth-order valence-electron chi connectivity index (χ4n) is 12.9. The van der Waals surface area contributed by atoms with Gasteiger partial charge in [0.25, 0.3) is 0 Å². The smallest absolute Gasteiger partial charge is 0.145 e. The molecule has 13 rings (SSSR count). The molecule has 0 unspecified atom stereocenters. The third-order valence-corrected chi connectivity index (χ3v) is 17.4. The van der Waals surface area contributed by atoms with Gasteiger partial charge in [0.1, 0.15) is 11.2 Å². The average Bonchev–Trinajstić information content (AvgIpc) is 1.61. The maximum Gasteiger partial charge on any atom is 0.145 e. The Hall–Kier alpha value is -9.70. The molecule has 0 radical (unpaired) electrons. The highest BCUT2D eigenvalue weighted by atomic mass is 16.3. The molecule has 0 bridgehead atoms. The third kappa shape index (κ3) is 9.09. The molecular formula is C80H68N2O. The summed E-state index contributed by atoms with van der Waals surface area (Å²) in [6, 6.07) is 91.6. The molecule has 1 aliphatic carbocycles. The summed E-state index contributed by atoms with van der Waals surface area (Å²) in [4.78, 5) is 4.87. The van der Waals surface area contributed by atoms with Crippen molar-refractivity contribution in [2.45, 2.75) is 65.7 Å². The molecule has 0 spiro atoms. The highest BCUT2D eigenvalue weighted by molar-refractivity contribution is 6.22. The van der Waals surface area contributed by atoms with Gasteiger partial charge in [0, 0.05) is 39.1 Å². The summed E-state index contributed by atoms with van der Waals surface area (Å²) >= 11 is 0. The molecular weight excluding hydrogens is 1000 g/mol. The van der Waals surface area contributed by atoms with Crippen LogP contribution in [0.25, 0.3) is 60.5 Å². The number of hydrogen-bond acceptors (Lipinski definition) is 3. The van der Waals surface area contributed by atoms with E-state index < -0.39 is 5.41 Å². The highest BCUT2D eigenvalue weighted by Gasteiger charge is 2.50. The lowest BCUT2D eigenvalue weighted by Gasteiger charge is -2.36. The molecule has 404 valence electrons. The zero-order valence-corrected chi connectivity index (χ0v) is 48.5. The Labute approximate surface area is 489 Å². The Morgan fingerprint density at radius 3 is 1.60 bits per heavy atom. The van der Waals surface area contributed by atoms with Crippen LogP contribution in [0.1, 0.15) is 97.9 Å². The van der Waals surface area contributed by atoms with E-state index in [1.165, 1.54) is 50.1 Å². The molecule has 0 fully saturated rings. The maximum absolute atomic E-state index is 7.55. The Morgan fingerprint density at radius 2 is 0.988 bits per heavy atom. The van der Waals surface area contributed by atoms with E-state index >= 15 is 0 Å². The number of anilines is 5. The van der Waals surface area contributed by atoms with Crippen LogP contribution >= 0.6 is 0 Å². The van der Waals surface area contributed by atoms with E-state index in [1.54, 1.807) is 0 Å².